The molecule has 2 aliphatic rings. The van der Waals surface area contributed by atoms with Crippen molar-refractivity contribution in [2.75, 3.05) is 6.61 Å². The predicted octanol–water partition coefficient (Wildman–Crippen LogP) is 1.17. The first-order valence-corrected chi connectivity index (χ1v) is 5.10. The molecular formula is C11H15NO2. The van der Waals surface area contributed by atoms with Gasteiger partial charge in [0.05, 0.1) is 6.61 Å². The van der Waals surface area contributed by atoms with E-state index in [2.05, 4.69) is 12.2 Å². The van der Waals surface area contributed by atoms with Gasteiger partial charge in [-0.3, -0.25) is 5.32 Å². The molecular weight excluding hydrogens is 178 g/mol. The van der Waals surface area contributed by atoms with Crippen LogP contribution in [0.25, 0.3) is 0 Å². The molecule has 76 valence electrons. The number of hydrogen-bond donors (Lipinski definition) is 1. The molecule has 0 unspecified atom stereocenters. The Balaban J connectivity index is 1.92. The van der Waals surface area contributed by atoms with Gasteiger partial charge >= 0.3 is 5.97 Å². The summed E-state index contributed by atoms with van der Waals surface area (Å²) in [5.41, 5.74) is -0.654. The van der Waals surface area contributed by atoms with Crippen LogP contribution in [0.3, 0.4) is 0 Å². The molecule has 2 rings (SSSR count). The van der Waals surface area contributed by atoms with Crippen molar-refractivity contribution in [3.8, 4) is 0 Å². The molecule has 2 bridgehead atoms. The first-order valence-electron chi connectivity index (χ1n) is 5.10. The van der Waals surface area contributed by atoms with Gasteiger partial charge in [-0.15, -0.1) is 0 Å². The van der Waals surface area contributed by atoms with Crippen LogP contribution in [0, 0.1) is 0 Å². The molecule has 0 aliphatic carbocycles. The fraction of sp³-hybridized carbons (Fsp3) is 0.545. The third kappa shape index (κ3) is 1.48. The van der Waals surface area contributed by atoms with Crippen molar-refractivity contribution in [1.29, 1.82) is 0 Å². The number of ether oxygens (including phenoxy) is 1. The van der Waals surface area contributed by atoms with Gasteiger partial charge in [0.1, 0.15) is 0 Å². The van der Waals surface area contributed by atoms with Crippen LogP contribution in [-0.2, 0) is 9.53 Å². The summed E-state index contributed by atoms with van der Waals surface area (Å²) in [6, 6.07) is 0.216. The average Bonchev–Trinajstić information content (AvgIpc) is 2.78. The Morgan fingerprint density at radius 1 is 1.50 bits per heavy atom. The van der Waals surface area contributed by atoms with Crippen LogP contribution in [0.5, 0.6) is 0 Å². The molecule has 2 aliphatic heterocycles. The number of fused-ring (bicyclic) bond motifs is 2. The second kappa shape index (κ2) is 3.58. The van der Waals surface area contributed by atoms with Crippen LogP contribution in [0.1, 0.15) is 19.8 Å². The topological polar surface area (TPSA) is 38.3 Å². The van der Waals surface area contributed by atoms with Gasteiger partial charge in [0.25, 0.3) is 0 Å². The van der Waals surface area contributed by atoms with E-state index in [9.17, 15) is 4.79 Å². The standard InChI is InChI=1S/C11H15NO2/c1-2-3-8-14-10(13)11-6-4-9(12-11)5-7-11/h4-7,9,12H,2-3,8H2,1H3. The highest BCUT2D eigenvalue weighted by Crippen LogP contribution is 2.26. The highest BCUT2D eigenvalue weighted by atomic mass is 16.5. The molecule has 0 fully saturated rings. The minimum atomic E-state index is -0.654. The SMILES string of the molecule is CCCCOC(=O)C12C=CC(C=C1)N2. The maximum absolute atomic E-state index is 11.7. The Morgan fingerprint density at radius 3 is 2.71 bits per heavy atom. The zero-order valence-corrected chi connectivity index (χ0v) is 8.32. The molecule has 0 aromatic rings. The Bertz CT molecular complexity index is 280. The maximum atomic E-state index is 11.7. The van der Waals surface area contributed by atoms with Gasteiger partial charge in [-0.25, -0.2) is 4.79 Å². The first-order chi connectivity index (χ1) is 6.77. The van der Waals surface area contributed by atoms with E-state index >= 15 is 0 Å². The lowest BCUT2D eigenvalue weighted by molar-refractivity contribution is -0.147. The van der Waals surface area contributed by atoms with Crippen LogP contribution < -0.4 is 5.32 Å². The molecule has 0 atom stereocenters. The average molecular weight is 193 g/mol. The van der Waals surface area contributed by atoms with E-state index in [0.717, 1.165) is 12.8 Å². The number of rotatable bonds is 4. The summed E-state index contributed by atoms with van der Waals surface area (Å²) in [7, 11) is 0. The van der Waals surface area contributed by atoms with E-state index in [1.54, 1.807) is 0 Å². The van der Waals surface area contributed by atoms with Crippen molar-refractivity contribution in [3.63, 3.8) is 0 Å². The minimum Gasteiger partial charge on any atom is -0.464 e. The predicted molar refractivity (Wildman–Crippen MR) is 53.8 cm³/mol. The largest absolute Gasteiger partial charge is 0.464 e. The monoisotopic (exact) mass is 193 g/mol. The second-order valence-corrected chi connectivity index (χ2v) is 3.75. The Kier molecular flexibility index (Phi) is 2.42. The maximum Gasteiger partial charge on any atom is 0.334 e. The summed E-state index contributed by atoms with van der Waals surface area (Å²) in [6.07, 6.45) is 9.71. The van der Waals surface area contributed by atoms with Crippen molar-refractivity contribution in [2.45, 2.75) is 31.3 Å². The van der Waals surface area contributed by atoms with Crippen molar-refractivity contribution >= 4 is 5.97 Å². The molecule has 3 nitrogen and oxygen atoms in total. The van der Waals surface area contributed by atoms with E-state index in [1.165, 1.54) is 0 Å². The van der Waals surface area contributed by atoms with Crippen molar-refractivity contribution in [1.82, 2.24) is 5.32 Å². The smallest absolute Gasteiger partial charge is 0.334 e. The van der Waals surface area contributed by atoms with E-state index in [-0.39, 0.29) is 12.0 Å². The van der Waals surface area contributed by atoms with Gasteiger partial charge in [-0.2, -0.15) is 0 Å². The van der Waals surface area contributed by atoms with Crippen molar-refractivity contribution in [2.24, 2.45) is 0 Å². The number of hydrogen-bond acceptors (Lipinski definition) is 3. The first kappa shape index (κ1) is 9.46. The molecule has 2 heterocycles. The number of carbonyl (C=O) groups is 1. The molecule has 0 saturated carbocycles. The summed E-state index contributed by atoms with van der Waals surface area (Å²) in [5.74, 6) is -0.182. The number of carbonyl (C=O) groups excluding carboxylic acids is 1. The number of nitrogens with one attached hydrogen (secondary N) is 1. The molecule has 0 radical (unpaired) electrons. The van der Waals surface area contributed by atoms with Crippen LogP contribution in [-0.4, -0.2) is 24.2 Å². The van der Waals surface area contributed by atoms with E-state index in [0.29, 0.717) is 6.61 Å². The molecule has 0 amide bonds. The third-order valence-corrected chi connectivity index (χ3v) is 2.61. The Hall–Kier alpha value is -1.09. The lowest BCUT2D eigenvalue weighted by Gasteiger charge is -2.19. The summed E-state index contributed by atoms with van der Waals surface area (Å²) in [5, 5.41) is 3.17. The van der Waals surface area contributed by atoms with E-state index in [4.69, 9.17) is 4.74 Å². The zero-order valence-electron chi connectivity index (χ0n) is 8.32. The van der Waals surface area contributed by atoms with E-state index < -0.39 is 5.54 Å². The minimum absolute atomic E-state index is 0.182. The van der Waals surface area contributed by atoms with Gasteiger partial charge in [0.15, 0.2) is 5.54 Å². The fourth-order valence-electron chi connectivity index (χ4n) is 1.72. The number of esters is 1. The van der Waals surface area contributed by atoms with Crippen molar-refractivity contribution in [3.05, 3.63) is 24.3 Å². The van der Waals surface area contributed by atoms with Crippen LogP contribution in [0.2, 0.25) is 0 Å². The summed E-state index contributed by atoms with van der Waals surface area (Å²) < 4.78 is 5.18. The quantitative estimate of drug-likeness (QED) is 0.414. The van der Waals surface area contributed by atoms with E-state index in [1.807, 2.05) is 24.3 Å². The lowest BCUT2D eigenvalue weighted by Crippen LogP contribution is -2.45. The third-order valence-electron chi connectivity index (χ3n) is 2.61. The van der Waals surface area contributed by atoms with Gasteiger partial charge in [-0.05, 0) is 6.42 Å². The highest BCUT2D eigenvalue weighted by Gasteiger charge is 2.43. The van der Waals surface area contributed by atoms with Gasteiger partial charge in [0.2, 0.25) is 0 Å². The number of unbranched alkanes of at least 4 members (excludes halogenated alkanes) is 1. The van der Waals surface area contributed by atoms with Gasteiger partial charge < -0.3 is 4.74 Å². The summed E-state index contributed by atoms with van der Waals surface area (Å²) in [4.78, 5) is 11.7. The lowest BCUT2D eigenvalue weighted by atomic mass is 10.0. The molecule has 0 saturated heterocycles. The summed E-state index contributed by atoms with van der Waals surface area (Å²) in [6.45, 7) is 2.59. The summed E-state index contributed by atoms with van der Waals surface area (Å²) >= 11 is 0. The molecule has 3 heteroatoms. The molecule has 0 aromatic carbocycles. The normalized spacial score (nSPS) is 32.5. The van der Waals surface area contributed by atoms with Crippen LogP contribution in [0.4, 0.5) is 0 Å². The van der Waals surface area contributed by atoms with Gasteiger partial charge in [-0.1, -0.05) is 37.6 Å². The Morgan fingerprint density at radius 2 is 2.21 bits per heavy atom. The van der Waals surface area contributed by atoms with Crippen LogP contribution in [0.15, 0.2) is 24.3 Å². The Labute approximate surface area is 83.8 Å². The molecule has 1 N–H and O–H groups in total. The second-order valence-electron chi connectivity index (χ2n) is 3.75. The zero-order chi connectivity index (χ0) is 10.0. The van der Waals surface area contributed by atoms with Crippen LogP contribution >= 0.6 is 0 Å². The molecule has 0 aromatic heterocycles. The molecule has 14 heavy (non-hydrogen) atoms. The van der Waals surface area contributed by atoms with Gasteiger partial charge in [0, 0.05) is 6.04 Å². The van der Waals surface area contributed by atoms with Crippen molar-refractivity contribution < 1.29 is 9.53 Å². The molecule has 0 spiro atoms. The highest BCUT2D eigenvalue weighted by molar-refractivity contribution is 5.88. The fourth-order valence-corrected chi connectivity index (χ4v) is 1.72.